The number of aromatic nitrogens is 1. The molecule has 32 heavy (non-hydrogen) atoms. The fourth-order valence-corrected chi connectivity index (χ4v) is 6.33. The van der Waals surface area contributed by atoms with E-state index < -0.39 is 16.1 Å². The first-order chi connectivity index (χ1) is 15.5. The molecule has 1 fully saturated rings. The number of fused-ring (bicyclic) bond motifs is 1. The number of hydrogen-bond acceptors (Lipinski definition) is 5. The van der Waals surface area contributed by atoms with Crippen LogP contribution in [-0.2, 0) is 34.3 Å². The third-order valence-electron chi connectivity index (χ3n) is 6.31. The highest BCUT2D eigenvalue weighted by molar-refractivity contribution is 7.89. The molecule has 0 bridgehead atoms. The maximum Gasteiger partial charge on any atom is 0.238 e. The predicted octanol–water partition coefficient (Wildman–Crippen LogP) is 2.85. The van der Waals surface area contributed by atoms with Crippen LogP contribution >= 0.6 is 0 Å². The average Bonchev–Trinajstić information content (AvgIpc) is 2.82. The summed E-state index contributed by atoms with van der Waals surface area (Å²) in [6.07, 6.45) is 5.60. The number of piperidine rings is 1. The van der Waals surface area contributed by atoms with E-state index in [0.717, 1.165) is 43.7 Å². The summed E-state index contributed by atoms with van der Waals surface area (Å²) in [6.45, 7) is 4.39. The molecule has 0 spiro atoms. The number of hydrogen-bond donors (Lipinski definition) is 1. The van der Waals surface area contributed by atoms with Crippen molar-refractivity contribution in [3.63, 3.8) is 0 Å². The topological polar surface area (TPSA) is 82.6 Å². The molecule has 0 saturated carbocycles. The van der Waals surface area contributed by atoms with Crippen LogP contribution in [0.3, 0.4) is 0 Å². The van der Waals surface area contributed by atoms with Crippen molar-refractivity contribution in [1.29, 1.82) is 0 Å². The molecule has 4 rings (SSSR count). The second-order valence-corrected chi connectivity index (χ2v) is 10.7. The maximum atomic E-state index is 12.8. The lowest BCUT2D eigenvalue weighted by atomic mass is 10.00. The molecule has 1 saturated heterocycles. The summed E-state index contributed by atoms with van der Waals surface area (Å²) in [5.41, 5.74) is 3.64. The zero-order valence-corrected chi connectivity index (χ0v) is 19.5. The van der Waals surface area contributed by atoms with Crippen molar-refractivity contribution in [3.05, 3.63) is 59.3 Å². The molecule has 1 amide bonds. The Bertz CT molecular complexity index is 1040. The van der Waals surface area contributed by atoms with E-state index in [1.807, 2.05) is 19.1 Å². The SMILES string of the molecule is CCCS(=O)(=O)N1CCCCC1C(=O)NCc1ccc(N2CCc3ccccc3C2)nc1. The lowest BCUT2D eigenvalue weighted by Crippen LogP contribution is -2.52. The molecule has 1 unspecified atom stereocenters. The zero-order chi connectivity index (χ0) is 22.6. The van der Waals surface area contributed by atoms with Crippen molar-refractivity contribution in [1.82, 2.24) is 14.6 Å². The van der Waals surface area contributed by atoms with Gasteiger partial charge in [0.25, 0.3) is 0 Å². The number of rotatable bonds is 7. The highest BCUT2D eigenvalue weighted by Crippen LogP contribution is 2.24. The van der Waals surface area contributed by atoms with Crippen LogP contribution in [-0.4, -0.2) is 48.5 Å². The molecule has 2 aromatic rings. The third kappa shape index (κ3) is 5.13. The number of amides is 1. The molecule has 2 aliphatic heterocycles. The van der Waals surface area contributed by atoms with E-state index in [2.05, 4.69) is 39.5 Å². The Hall–Kier alpha value is -2.45. The maximum absolute atomic E-state index is 12.8. The first kappa shape index (κ1) is 22.7. The fourth-order valence-electron chi connectivity index (χ4n) is 4.58. The van der Waals surface area contributed by atoms with E-state index in [-0.39, 0.29) is 11.7 Å². The number of anilines is 1. The van der Waals surface area contributed by atoms with Crippen LogP contribution in [0.1, 0.15) is 49.3 Å². The molecule has 172 valence electrons. The van der Waals surface area contributed by atoms with E-state index in [0.29, 0.717) is 25.9 Å². The molecule has 3 heterocycles. The Morgan fingerprint density at radius 2 is 1.94 bits per heavy atom. The molecule has 0 aliphatic carbocycles. The van der Waals surface area contributed by atoms with Crippen LogP contribution in [0.5, 0.6) is 0 Å². The molecule has 1 aromatic heterocycles. The Balaban J connectivity index is 1.35. The zero-order valence-electron chi connectivity index (χ0n) is 18.7. The van der Waals surface area contributed by atoms with Gasteiger partial charge in [0, 0.05) is 32.4 Å². The number of carbonyl (C=O) groups excluding carboxylic acids is 1. The minimum atomic E-state index is -3.40. The number of carbonyl (C=O) groups is 1. The largest absolute Gasteiger partial charge is 0.352 e. The molecule has 0 radical (unpaired) electrons. The first-order valence-electron chi connectivity index (χ1n) is 11.5. The van der Waals surface area contributed by atoms with Crippen molar-refractivity contribution in [2.45, 2.75) is 58.2 Å². The van der Waals surface area contributed by atoms with Crippen LogP contribution in [0.4, 0.5) is 5.82 Å². The molecule has 1 N–H and O–H groups in total. The van der Waals surface area contributed by atoms with Gasteiger partial charge in [-0.2, -0.15) is 4.31 Å². The van der Waals surface area contributed by atoms with Crippen molar-refractivity contribution >= 4 is 21.7 Å². The van der Waals surface area contributed by atoms with Crippen LogP contribution in [0.25, 0.3) is 0 Å². The van der Waals surface area contributed by atoms with Gasteiger partial charge in [-0.25, -0.2) is 13.4 Å². The van der Waals surface area contributed by atoms with Crippen molar-refractivity contribution < 1.29 is 13.2 Å². The lowest BCUT2D eigenvalue weighted by molar-refractivity contribution is -0.125. The van der Waals surface area contributed by atoms with Crippen molar-refractivity contribution in [2.24, 2.45) is 0 Å². The molecular formula is C24H32N4O3S. The van der Waals surface area contributed by atoms with Gasteiger partial charge in [-0.05, 0) is 48.4 Å². The average molecular weight is 457 g/mol. The fraction of sp³-hybridized carbons (Fsp3) is 0.500. The number of nitrogens with zero attached hydrogens (tertiary/aromatic N) is 3. The van der Waals surface area contributed by atoms with Crippen LogP contribution in [0, 0.1) is 0 Å². The van der Waals surface area contributed by atoms with Gasteiger partial charge in [-0.15, -0.1) is 0 Å². The van der Waals surface area contributed by atoms with Crippen LogP contribution < -0.4 is 10.2 Å². The van der Waals surface area contributed by atoms with Gasteiger partial charge in [0.1, 0.15) is 11.9 Å². The molecule has 7 nitrogen and oxygen atoms in total. The first-order valence-corrected chi connectivity index (χ1v) is 13.1. The minimum Gasteiger partial charge on any atom is -0.352 e. The van der Waals surface area contributed by atoms with Gasteiger partial charge in [0.2, 0.25) is 15.9 Å². The van der Waals surface area contributed by atoms with E-state index in [4.69, 9.17) is 0 Å². The second kappa shape index (κ2) is 10.0. The number of nitrogens with one attached hydrogen (secondary N) is 1. The van der Waals surface area contributed by atoms with E-state index >= 15 is 0 Å². The van der Waals surface area contributed by atoms with E-state index in [1.165, 1.54) is 15.4 Å². The molecule has 1 aromatic carbocycles. The van der Waals surface area contributed by atoms with Gasteiger partial charge in [0.15, 0.2) is 0 Å². The van der Waals surface area contributed by atoms with Crippen LogP contribution in [0.2, 0.25) is 0 Å². The quantitative estimate of drug-likeness (QED) is 0.693. The van der Waals surface area contributed by atoms with Crippen molar-refractivity contribution in [2.75, 3.05) is 23.7 Å². The Morgan fingerprint density at radius 1 is 1.12 bits per heavy atom. The normalized spacial score (nSPS) is 19.4. The summed E-state index contributed by atoms with van der Waals surface area (Å²) >= 11 is 0. The van der Waals surface area contributed by atoms with E-state index in [9.17, 15) is 13.2 Å². The standard InChI is InChI=1S/C24H32N4O3S/c1-2-15-32(30,31)28-13-6-5-9-22(28)24(29)26-17-19-10-11-23(25-16-19)27-14-12-20-7-3-4-8-21(20)18-27/h3-4,7-8,10-11,16,22H,2,5-6,9,12-15,17-18H2,1H3,(H,26,29). The Morgan fingerprint density at radius 3 is 2.69 bits per heavy atom. The molecule has 8 heteroatoms. The monoisotopic (exact) mass is 456 g/mol. The summed E-state index contributed by atoms with van der Waals surface area (Å²) in [7, 11) is -3.40. The summed E-state index contributed by atoms with van der Waals surface area (Å²) in [4.78, 5) is 19.7. The number of pyridine rings is 1. The van der Waals surface area contributed by atoms with Gasteiger partial charge < -0.3 is 10.2 Å². The van der Waals surface area contributed by atoms with Crippen molar-refractivity contribution in [3.8, 4) is 0 Å². The third-order valence-corrected chi connectivity index (χ3v) is 8.38. The Kier molecular flexibility index (Phi) is 7.10. The van der Waals surface area contributed by atoms with Gasteiger partial charge >= 0.3 is 0 Å². The Labute approximate surface area is 190 Å². The van der Waals surface area contributed by atoms with Gasteiger partial charge in [0.05, 0.1) is 5.75 Å². The van der Waals surface area contributed by atoms with Crippen LogP contribution in [0.15, 0.2) is 42.6 Å². The van der Waals surface area contributed by atoms with Gasteiger partial charge in [-0.1, -0.05) is 43.7 Å². The highest BCUT2D eigenvalue weighted by atomic mass is 32.2. The number of benzene rings is 1. The molecule has 2 aliphatic rings. The molecule has 1 atom stereocenters. The highest BCUT2D eigenvalue weighted by Gasteiger charge is 2.36. The predicted molar refractivity (Wildman–Crippen MR) is 126 cm³/mol. The summed E-state index contributed by atoms with van der Waals surface area (Å²) < 4.78 is 26.5. The smallest absolute Gasteiger partial charge is 0.238 e. The lowest BCUT2D eigenvalue weighted by Gasteiger charge is -2.33. The second-order valence-electron chi connectivity index (χ2n) is 8.62. The summed E-state index contributed by atoms with van der Waals surface area (Å²) in [5.74, 6) is 0.795. The van der Waals surface area contributed by atoms with Gasteiger partial charge in [-0.3, -0.25) is 4.79 Å². The summed E-state index contributed by atoms with van der Waals surface area (Å²) in [6, 6.07) is 11.9. The number of sulfonamides is 1. The van der Waals surface area contributed by atoms with E-state index in [1.54, 1.807) is 6.20 Å². The summed E-state index contributed by atoms with van der Waals surface area (Å²) in [5, 5.41) is 2.93. The molecular weight excluding hydrogens is 424 g/mol. The minimum absolute atomic E-state index is 0.0864.